The molecule has 0 spiro atoms. The molecule has 0 amide bonds. The first-order valence-corrected chi connectivity index (χ1v) is 8.95. The van der Waals surface area contributed by atoms with Gasteiger partial charge in [0.15, 0.2) is 0 Å². The Balaban J connectivity index is 2.30. The van der Waals surface area contributed by atoms with E-state index < -0.39 is 23.5 Å². The summed E-state index contributed by atoms with van der Waals surface area (Å²) in [4.78, 5) is 0.579. The van der Waals surface area contributed by atoms with Crippen molar-refractivity contribution in [2.24, 2.45) is 0 Å². The minimum absolute atomic E-state index is 0.295. The van der Waals surface area contributed by atoms with Gasteiger partial charge in [0.1, 0.15) is 4.34 Å². The number of rotatable bonds is 4. The molecule has 1 aromatic heterocycles. The van der Waals surface area contributed by atoms with Crippen LogP contribution in [0.1, 0.15) is 5.56 Å². The van der Waals surface area contributed by atoms with Gasteiger partial charge in [0.25, 0.3) is 5.60 Å². The lowest BCUT2D eigenvalue weighted by Gasteiger charge is -2.32. The number of hydrogen-bond donors (Lipinski definition) is 1. The number of aliphatic hydroxyl groups is 1. The topological polar surface area (TPSA) is 23.5 Å². The van der Waals surface area contributed by atoms with Gasteiger partial charge in [-0.1, -0.05) is 35.3 Å². The van der Waals surface area contributed by atoms with Crippen LogP contribution >= 0.6 is 46.5 Å². The Morgan fingerprint density at radius 3 is 1.88 bits per heavy atom. The third kappa shape index (κ3) is 4.04. The van der Waals surface area contributed by atoms with Gasteiger partial charge in [-0.05, 0) is 30.1 Å². The molecule has 0 aliphatic rings. The molecule has 0 atom stereocenters. The van der Waals surface area contributed by atoms with Crippen molar-refractivity contribution in [3.8, 4) is 0 Å². The van der Waals surface area contributed by atoms with Crippen molar-refractivity contribution in [3.63, 3.8) is 0 Å². The first kappa shape index (κ1) is 21.5. The summed E-state index contributed by atoms with van der Waals surface area (Å²) in [5.41, 5.74) is -5.98. The summed E-state index contributed by atoms with van der Waals surface area (Å²) in [6.45, 7) is 0. The van der Waals surface area contributed by atoms with Crippen molar-refractivity contribution < 1.29 is 31.4 Å². The van der Waals surface area contributed by atoms with Crippen LogP contribution in [0, 0.1) is 0 Å². The van der Waals surface area contributed by atoms with Gasteiger partial charge in [0, 0.05) is 18.3 Å². The zero-order valence-electron chi connectivity index (χ0n) is 12.6. The fourth-order valence-corrected chi connectivity index (χ4v) is 4.50. The van der Waals surface area contributed by atoms with Gasteiger partial charge in [0.2, 0.25) is 0 Å². The summed E-state index contributed by atoms with van der Waals surface area (Å²) in [6.07, 6.45) is -11.8. The zero-order valence-corrected chi connectivity index (χ0v) is 15.8. The maximum atomic E-state index is 12.9. The van der Waals surface area contributed by atoms with E-state index in [1.54, 1.807) is 13.1 Å². The van der Waals surface area contributed by atoms with Crippen LogP contribution in [0.15, 0.2) is 35.2 Å². The largest absolute Gasteiger partial charge is 0.430 e. The maximum absolute atomic E-state index is 12.9. The number of benzene rings is 1. The number of hydrogen-bond acceptors (Lipinski definition) is 4. The summed E-state index contributed by atoms with van der Waals surface area (Å²) in [6, 6.07) is 4.81. The van der Waals surface area contributed by atoms with Gasteiger partial charge < -0.3 is 9.41 Å². The molecule has 1 N–H and O–H groups in total. The third-order valence-corrected chi connectivity index (χ3v) is 6.06. The zero-order chi connectivity index (χ0) is 19.9. The fourth-order valence-electron chi connectivity index (χ4n) is 1.99. The minimum atomic E-state index is -5.92. The van der Waals surface area contributed by atoms with E-state index in [2.05, 4.69) is 0 Å². The molecule has 0 bridgehead atoms. The highest BCUT2D eigenvalue weighted by molar-refractivity contribution is 8.00. The molecule has 0 saturated carbocycles. The second kappa shape index (κ2) is 7.31. The van der Waals surface area contributed by atoms with Crippen LogP contribution in [0.25, 0.3) is 0 Å². The number of thiophene rings is 1. The summed E-state index contributed by atoms with van der Waals surface area (Å²) in [5.74, 6) is 0. The summed E-state index contributed by atoms with van der Waals surface area (Å²) in [5, 5.41) is 9.36. The number of alkyl halides is 6. The molecule has 2 aromatic rings. The molecule has 0 unspecified atom stereocenters. The van der Waals surface area contributed by atoms with Crippen LogP contribution in [-0.4, -0.2) is 24.5 Å². The van der Waals surface area contributed by atoms with Gasteiger partial charge in [-0.2, -0.15) is 26.3 Å². The van der Waals surface area contributed by atoms with Gasteiger partial charge >= 0.3 is 12.4 Å². The molecule has 0 fully saturated rings. The van der Waals surface area contributed by atoms with Gasteiger partial charge in [-0.3, -0.25) is 0 Å². The van der Waals surface area contributed by atoms with E-state index in [-0.39, 0.29) is 0 Å². The Kier molecular flexibility index (Phi) is 6.04. The van der Waals surface area contributed by atoms with Crippen LogP contribution in [0.4, 0.5) is 32.0 Å². The lowest BCUT2D eigenvalue weighted by molar-refractivity contribution is -0.376. The highest BCUT2D eigenvalue weighted by Crippen LogP contribution is 2.50. The number of anilines is 1. The molecule has 0 aliphatic heterocycles. The number of halogens is 8. The van der Waals surface area contributed by atoms with Crippen molar-refractivity contribution in [2.75, 3.05) is 11.4 Å². The maximum Gasteiger partial charge on any atom is 0.430 e. The van der Waals surface area contributed by atoms with E-state index in [1.807, 2.05) is 0 Å². The average Bonchev–Trinajstić information content (AvgIpc) is 2.82. The second-order valence-corrected chi connectivity index (χ2v) is 8.49. The smallest absolute Gasteiger partial charge is 0.369 e. The standard InChI is InChI=1S/C14H9Cl2F6NOS2/c1-23(26-9-6-10(15)25-11(9)16)8-4-2-7(3-5-8)12(24,13(17,18)19)14(20,21)22/h2-6,24H,1H3. The lowest BCUT2D eigenvalue weighted by Crippen LogP contribution is -2.53. The summed E-state index contributed by atoms with van der Waals surface area (Å²) in [7, 11) is 1.54. The third-order valence-electron chi connectivity index (χ3n) is 3.33. The Morgan fingerprint density at radius 1 is 1.00 bits per heavy atom. The lowest BCUT2D eigenvalue weighted by atomic mass is 9.92. The SMILES string of the molecule is CN(Sc1cc(Cl)sc1Cl)c1ccc(C(O)(C(F)(F)F)C(F)(F)F)cc1. The van der Waals surface area contributed by atoms with E-state index in [4.69, 9.17) is 23.2 Å². The Bertz CT molecular complexity index is 761. The minimum Gasteiger partial charge on any atom is -0.369 e. The molecule has 26 heavy (non-hydrogen) atoms. The molecular weight excluding hydrogens is 447 g/mol. The van der Waals surface area contributed by atoms with Crippen LogP contribution in [0.3, 0.4) is 0 Å². The van der Waals surface area contributed by atoms with E-state index >= 15 is 0 Å². The molecule has 0 radical (unpaired) electrons. The Morgan fingerprint density at radius 2 is 1.50 bits per heavy atom. The molecular formula is C14H9Cl2F6NOS2. The monoisotopic (exact) mass is 455 g/mol. The van der Waals surface area contributed by atoms with Crippen LogP contribution < -0.4 is 4.31 Å². The second-order valence-electron chi connectivity index (χ2n) is 5.03. The van der Waals surface area contributed by atoms with Crippen molar-refractivity contribution >= 4 is 52.2 Å². The molecule has 2 nitrogen and oxygen atoms in total. The predicted molar refractivity (Wildman–Crippen MR) is 91.0 cm³/mol. The molecule has 2 rings (SSSR count). The quantitative estimate of drug-likeness (QED) is 0.419. The molecule has 12 heteroatoms. The van der Waals surface area contributed by atoms with Gasteiger partial charge in [0.05, 0.1) is 9.23 Å². The van der Waals surface area contributed by atoms with E-state index in [0.29, 0.717) is 31.4 Å². The van der Waals surface area contributed by atoms with Crippen molar-refractivity contribution in [3.05, 3.63) is 44.6 Å². The normalized spacial score (nSPS) is 13.2. The Hall–Kier alpha value is -0.810. The highest BCUT2D eigenvalue weighted by Gasteiger charge is 2.71. The highest BCUT2D eigenvalue weighted by atomic mass is 35.5. The first-order chi connectivity index (χ1) is 11.8. The van der Waals surface area contributed by atoms with E-state index in [1.165, 1.54) is 4.31 Å². The molecule has 1 aromatic carbocycles. The first-order valence-electron chi connectivity index (χ1n) is 6.60. The van der Waals surface area contributed by atoms with Gasteiger partial charge in [-0.25, -0.2) is 0 Å². The van der Waals surface area contributed by atoms with E-state index in [0.717, 1.165) is 35.4 Å². The van der Waals surface area contributed by atoms with Crippen molar-refractivity contribution in [2.45, 2.75) is 22.8 Å². The van der Waals surface area contributed by atoms with Crippen LogP contribution in [0.5, 0.6) is 0 Å². The van der Waals surface area contributed by atoms with E-state index in [9.17, 15) is 31.4 Å². The number of nitrogens with zero attached hydrogens (tertiary/aromatic N) is 1. The van der Waals surface area contributed by atoms with Crippen LogP contribution in [-0.2, 0) is 5.60 Å². The Labute approximate surface area is 162 Å². The van der Waals surface area contributed by atoms with Crippen molar-refractivity contribution in [1.82, 2.24) is 0 Å². The average molecular weight is 456 g/mol. The molecule has 0 aliphatic carbocycles. The predicted octanol–water partition coefficient (Wildman–Crippen LogP) is 6.51. The van der Waals surface area contributed by atoms with Gasteiger partial charge in [-0.15, -0.1) is 11.3 Å². The fraction of sp³-hybridized carbons (Fsp3) is 0.286. The van der Waals surface area contributed by atoms with Crippen molar-refractivity contribution in [1.29, 1.82) is 0 Å². The molecule has 1 heterocycles. The molecule has 0 saturated heterocycles. The van der Waals surface area contributed by atoms with Crippen LogP contribution in [0.2, 0.25) is 8.67 Å². The summed E-state index contributed by atoms with van der Waals surface area (Å²) < 4.78 is 79.5. The summed E-state index contributed by atoms with van der Waals surface area (Å²) >= 11 is 14.0. The molecule has 144 valence electrons.